The Morgan fingerprint density at radius 3 is 2.70 bits per heavy atom. The summed E-state index contributed by atoms with van der Waals surface area (Å²) in [5, 5.41) is 12.3. The van der Waals surface area contributed by atoms with E-state index in [2.05, 4.69) is 70.2 Å². The van der Waals surface area contributed by atoms with Crippen LogP contribution in [-0.4, -0.2) is 48.6 Å². The first-order chi connectivity index (χ1) is 12.9. The number of hydrogen-bond donors (Lipinski definition) is 1. The van der Waals surface area contributed by atoms with Gasteiger partial charge in [-0.2, -0.15) is 0 Å². The van der Waals surface area contributed by atoms with Gasteiger partial charge in [-0.25, -0.2) is 9.67 Å². The number of nitrogens with zero attached hydrogens (tertiary/aromatic N) is 6. The van der Waals surface area contributed by atoms with E-state index in [1.54, 1.807) is 0 Å². The average molecular weight is 372 g/mol. The molecule has 3 heterocycles. The Bertz CT molecular complexity index is 763. The van der Waals surface area contributed by atoms with E-state index in [0.29, 0.717) is 11.5 Å². The number of imidazole rings is 1. The normalized spacial score (nSPS) is 21.9. The summed E-state index contributed by atoms with van der Waals surface area (Å²) >= 11 is 0. The summed E-state index contributed by atoms with van der Waals surface area (Å²) < 4.78 is 4.22. The van der Waals surface area contributed by atoms with Crippen LogP contribution in [0.15, 0.2) is 18.6 Å². The minimum atomic E-state index is -0.0373. The van der Waals surface area contributed by atoms with Gasteiger partial charge in [0, 0.05) is 31.5 Å². The van der Waals surface area contributed by atoms with Crippen LogP contribution in [0.1, 0.15) is 58.5 Å². The molecule has 0 amide bonds. The molecule has 2 fully saturated rings. The molecule has 1 N–H and O–H groups in total. The lowest BCUT2D eigenvalue weighted by Gasteiger charge is -2.29. The average Bonchev–Trinajstić information content (AvgIpc) is 3.02. The van der Waals surface area contributed by atoms with Gasteiger partial charge in [0.1, 0.15) is 5.82 Å². The number of nitrogens with one attached hydrogen (secondary N) is 1. The fourth-order valence-electron chi connectivity index (χ4n) is 4.45. The molecule has 2 aromatic rings. The van der Waals surface area contributed by atoms with Crippen molar-refractivity contribution in [3.8, 4) is 0 Å². The van der Waals surface area contributed by atoms with Gasteiger partial charge in [-0.1, -0.05) is 5.21 Å². The van der Waals surface area contributed by atoms with Gasteiger partial charge < -0.3 is 9.88 Å². The molecule has 1 aliphatic heterocycles. The maximum atomic E-state index is 4.62. The predicted octanol–water partition coefficient (Wildman–Crippen LogP) is 2.39. The molecule has 1 saturated carbocycles. The van der Waals surface area contributed by atoms with E-state index < -0.39 is 0 Å². The van der Waals surface area contributed by atoms with E-state index in [-0.39, 0.29) is 5.54 Å². The lowest BCUT2D eigenvalue weighted by atomic mass is 9.93. The van der Waals surface area contributed by atoms with E-state index in [9.17, 15) is 0 Å². The van der Waals surface area contributed by atoms with Crippen molar-refractivity contribution in [1.82, 2.24) is 34.8 Å². The largest absolute Gasteiger partial charge is 0.334 e. The Labute approximate surface area is 162 Å². The number of piperidine rings is 1. The molecule has 2 aromatic heterocycles. The van der Waals surface area contributed by atoms with E-state index >= 15 is 0 Å². The van der Waals surface area contributed by atoms with Crippen LogP contribution in [0.25, 0.3) is 0 Å². The molecular formula is C20H33N7. The van der Waals surface area contributed by atoms with E-state index in [1.165, 1.54) is 19.3 Å². The third-order valence-electron chi connectivity index (χ3n) is 6.27. The van der Waals surface area contributed by atoms with Crippen LogP contribution in [0.2, 0.25) is 0 Å². The third-order valence-corrected chi connectivity index (χ3v) is 6.27. The number of aromatic nitrogens is 5. The highest BCUT2D eigenvalue weighted by molar-refractivity contribution is 5.12. The standard InChI is InChI=1S/C20H33N7/c1-5-25-11-10-22-18(25)15-26(17-12-20(17)6-8-21-9-7-20)13-16-14-27(24-23-16)19(2,3)4/h10-11,14,17,21H,5-9,12-13,15H2,1-4H3. The highest BCUT2D eigenvalue weighted by Crippen LogP contribution is 2.56. The van der Waals surface area contributed by atoms with Gasteiger partial charge in [-0.3, -0.25) is 4.90 Å². The predicted molar refractivity (Wildman–Crippen MR) is 105 cm³/mol. The SMILES string of the molecule is CCn1ccnc1CN(Cc1cn(C(C)(C)C)nn1)C1CC12CCNCC2. The van der Waals surface area contributed by atoms with E-state index in [0.717, 1.165) is 44.2 Å². The first-order valence-electron chi connectivity index (χ1n) is 10.3. The Balaban J connectivity index is 1.54. The van der Waals surface area contributed by atoms with Crippen molar-refractivity contribution < 1.29 is 0 Å². The molecule has 27 heavy (non-hydrogen) atoms. The van der Waals surface area contributed by atoms with Crippen LogP contribution < -0.4 is 5.32 Å². The zero-order valence-electron chi connectivity index (χ0n) is 17.1. The zero-order chi connectivity index (χ0) is 19.1. The summed E-state index contributed by atoms with van der Waals surface area (Å²) in [5.74, 6) is 1.15. The highest BCUT2D eigenvalue weighted by Gasteiger charge is 2.56. The second-order valence-corrected chi connectivity index (χ2v) is 9.19. The van der Waals surface area contributed by atoms with Crippen molar-refractivity contribution in [2.24, 2.45) is 5.41 Å². The highest BCUT2D eigenvalue weighted by atomic mass is 15.4. The van der Waals surface area contributed by atoms with Crippen LogP contribution in [0.5, 0.6) is 0 Å². The molecule has 0 aromatic carbocycles. The Hall–Kier alpha value is -1.73. The van der Waals surface area contributed by atoms with Crippen LogP contribution in [0.3, 0.4) is 0 Å². The molecule has 4 rings (SSSR count). The van der Waals surface area contributed by atoms with E-state index in [1.807, 2.05) is 10.9 Å². The minimum Gasteiger partial charge on any atom is -0.334 e. The van der Waals surface area contributed by atoms with Crippen molar-refractivity contribution in [2.45, 2.75) is 78.2 Å². The van der Waals surface area contributed by atoms with E-state index in [4.69, 9.17) is 0 Å². The Kier molecular flexibility index (Phi) is 4.84. The smallest absolute Gasteiger partial charge is 0.122 e. The molecule has 2 aliphatic rings. The van der Waals surface area contributed by atoms with Gasteiger partial charge in [-0.05, 0) is 65.5 Å². The second-order valence-electron chi connectivity index (χ2n) is 9.19. The van der Waals surface area contributed by atoms with Gasteiger partial charge in [0.05, 0.1) is 24.0 Å². The first-order valence-corrected chi connectivity index (χ1v) is 10.3. The van der Waals surface area contributed by atoms with Crippen LogP contribution >= 0.6 is 0 Å². The lowest BCUT2D eigenvalue weighted by Crippen LogP contribution is -2.36. The zero-order valence-corrected chi connectivity index (χ0v) is 17.1. The molecule has 7 heteroatoms. The maximum absolute atomic E-state index is 4.62. The van der Waals surface area contributed by atoms with Crippen molar-refractivity contribution >= 4 is 0 Å². The summed E-state index contributed by atoms with van der Waals surface area (Å²) in [5.41, 5.74) is 1.51. The summed E-state index contributed by atoms with van der Waals surface area (Å²) in [6, 6.07) is 0.626. The molecule has 1 saturated heterocycles. The summed E-state index contributed by atoms with van der Waals surface area (Å²) in [4.78, 5) is 7.22. The summed E-state index contributed by atoms with van der Waals surface area (Å²) in [6.07, 6.45) is 9.97. The van der Waals surface area contributed by atoms with Gasteiger partial charge in [0.2, 0.25) is 0 Å². The molecule has 7 nitrogen and oxygen atoms in total. The minimum absolute atomic E-state index is 0.0373. The Morgan fingerprint density at radius 1 is 1.26 bits per heavy atom. The molecule has 148 valence electrons. The maximum Gasteiger partial charge on any atom is 0.122 e. The second kappa shape index (κ2) is 7.02. The fraction of sp³-hybridized carbons (Fsp3) is 0.750. The number of aryl methyl sites for hydroxylation is 1. The number of rotatable bonds is 6. The first kappa shape index (κ1) is 18.6. The van der Waals surface area contributed by atoms with Crippen LogP contribution in [-0.2, 0) is 25.2 Å². The molecule has 0 radical (unpaired) electrons. The topological polar surface area (TPSA) is 63.8 Å². The third kappa shape index (κ3) is 3.80. The van der Waals surface area contributed by atoms with Crippen molar-refractivity contribution in [3.05, 3.63) is 30.1 Å². The van der Waals surface area contributed by atoms with Gasteiger partial charge >= 0.3 is 0 Å². The summed E-state index contributed by atoms with van der Waals surface area (Å²) in [7, 11) is 0. The quantitative estimate of drug-likeness (QED) is 0.845. The Morgan fingerprint density at radius 2 is 2.04 bits per heavy atom. The van der Waals surface area contributed by atoms with Crippen LogP contribution in [0, 0.1) is 5.41 Å². The molecule has 1 atom stereocenters. The molecular weight excluding hydrogens is 338 g/mol. The monoisotopic (exact) mass is 371 g/mol. The molecule has 0 bridgehead atoms. The molecule has 1 spiro atoms. The molecule has 1 aliphatic carbocycles. The van der Waals surface area contributed by atoms with Crippen molar-refractivity contribution in [1.29, 1.82) is 0 Å². The molecule has 1 unspecified atom stereocenters. The lowest BCUT2D eigenvalue weighted by molar-refractivity contribution is 0.180. The van der Waals surface area contributed by atoms with Gasteiger partial charge in [0.25, 0.3) is 0 Å². The van der Waals surface area contributed by atoms with Crippen molar-refractivity contribution in [3.63, 3.8) is 0 Å². The summed E-state index contributed by atoms with van der Waals surface area (Å²) in [6.45, 7) is 13.6. The van der Waals surface area contributed by atoms with Gasteiger partial charge in [0.15, 0.2) is 0 Å². The van der Waals surface area contributed by atoms with Gasteiger partial charge in [-0.15, -0.1) is 5.10 Å². The fourth-order valence-corrected chi connectivity index (χ4v) is 4.45. The van der Waals surface area contributed by atoms with Crippen molar-refractivity contribution in [2.75, 3.05) is 13.1 Å². The number of hydrogen-bond acceptors (Lipinski definition) is 5. The van der Waals surface area contributed by atoms with Crippen LogP contribution in [0.4, 0.5) is 0 Å².